The molecule has 1 amide bonds. The average molecular weight is 626 g/mol. The van der Waals surface area contributed by atoms with Gasteiger partial charge in [0.2, 0.25) is 5.91 Å². The van der Waals surface area contributed by atoms with Gasteiger partial charge in [0.05, 0.1) is 10.8 Å². The second kappa shape index (κ2) is 9.64. The van der Waals surface area contributed by atoms with Crippen LogP contribution in [0.3, 0.4) is 0 Å². The summed E-state index contributed by atoms with van der Waals surface area (Å²) < 4.78 is 134. The van der Waals surface area contributed by atoms with Gasteiger partial charge in [-0.15, -0.1) is 0 Å². The van der Waals surface area contributed by atoms with Gasteiger partial charge in [-0.2, -0.15) is 26.3 Å². The number of sulfone groups is 1. The smallest absolute Gasteiger partial charge is 0.435 e. The Labute approximate surface area is 234 Å². The summed E-state index contributed by atoms with van der Waals surface area (Å²) in [7, 11) is -4.56. The minimum absolute atomic E-state index is 0.145. The maximum atomic E-state index is 14.6. The summed E-state index contributed by atoms with van der Waals surface area (Å²) >= 11 is 0. The maximum Gasteiger partial charge on any atom is 0.435 e. The van der Waals surface area contributed by atoms with E-state index in [0.29, 0.717) is 12.1 Å². The van der Waals surface area contributed by atoms with Gasteiger partial charge in [0.15, 0.2) is 9.84 Å². The highest BCUT2D eigenvalue weighted by Crippen LogP contribution is 2.60. The van der Waals surface area contributed by atoms with Gasteiger partial charge < -0.3 is 10.0 Å². The molecule has 1 saturated heterocycles. The van der Waals surface area contributed by atoms with Crippen LogP contribution in [-0.2, 0) is 29.8 Å². The minimum Gasteiger partial charge on any atom is -0.481 e. The normalized spacial score (nSPS) is 28.0. The van der Waals surface area contributed by atoms with E-state index in [-0.39, 0.29) is 55.3 Å². The van der Waals surface area contributed by atoms with Gasteiger partial charge in [0.25, 0.3) is 0 Å². The molecule has 2 saturated carbocycles. The molecule has 5 atom stereocenters. The van der Waals surface area contributed by atoms with Crippen molar-refractivity contribution >= 4 is 21.7 Å². The van der Waals surface area contributed by atoms with E-state index in [0.717, 1.165) is 24.3 Å². The highest BCUT2D eigenvalue weighted by atomic mass is 32.2. The van der Waals surface area contributed by atoms with E-state index in [1.165, 1.54) is 4.90 Å². The summed E-state index contributed by atoms with van der Waals surface area (Å²) in [4.78, 5) is 25.5. The molecule has 15 heteroatoms. The summed E-state index contributed by atoms with van der Waals surface area (Å²) in [6.45, 7) is -0.675. The molecule has 5 rings (SSSR count). The van der Waals surface area contributed by atoms with Crippen molar-refractivity contribution in [1.82, 2.24) is 4.90 Å². The maximum absolute atomic E-state index is 14.6. The average Bonchev–Trinajstić information content (AvgIpc) is 3.22. The Bertz CT molecular complexity index is 1480. The Morgan fingerprint density at radius 3 is 1.86 bits per heavy atom. The first kappa shape index (κ1) is 30.2. The fraction of sp³-hybridized carbons (Fsp3) is 0.481. The molecule has 1 unspecified atom stereocenters. The Hall–Kier alpha value is -3.23. The summed E-state index contributed by atoms with van der Waals surface area (Å²) in [6.07, 6.45) is -12.5. The van der Waals surface area contributed by atoms with Gasteiger partial charge in [-0.05, 0) is 60.9 Å². The molecule has 2 aromatic carbocycles. The number of nitrogens with zero attached hydrogens (tertiary/aromatic N) is 1. The Balaban J connectivity index is 1.51. The van der Waals surface area contributed by atoms with Crippen LogP contribution < -0.4 is 0 Å². The molecule has 0 radical (unpaired) electrons. The van der Waals surface area contributed by atoms with Gasteiger partial charge >= 0.3 is 24.0 Å². The van der Waals surface area contributed by atoms with Crippen LogP contribution in [0.1, 0.15) is 30.4 Å². The molecule has 3 fully saturated rings. The number of hydrogen-bond donors (Lipinski definition) is 1. The van der Waals surface area contributed by atoms with Crippen molar-refractivity contribution in [2.24, 2.45) is 23.7 Å². The van der Waals surface area contributed by atoms with E-state index >= 15 is 0 Å². The van der Waals surface area contributed by atoms with Crippen LogP contribution in [-0.4, -0.2) is 55.7 Å². The number of amides is 1. The first-order valence-corrected chi connectivity index (χ1v) is 14.3. The number of halogens is 8. The molecule has 42 heavy (non-hydrogen) atoms. The number of carboxylic acids is 1. The third kappa shape index (κ3) is 4.45. The fourth-order valence-electron chi connectivity index (χ4n) is 6.58. The molecule has 1 N–H and O–H groups in total. The molecule has 2 aromatic rings. The third-order valence-electron chi connectivity index (χ3n) is 8.85. The summed E-state index contributed by atoms with van der Waals surface area (Å²) in [5, 5.41) is 9.23. The topological polar surface area (TPSA) is 91.8 Å². The predicted molar refractivity (Wildman–Crippen MR) is 129 cm³/mol. The van der Waals surface area contributed by atoms with Crippen LogP contribution in [0.15, 0.2) is 53.4 Å². The number of aliphatic carboxylic acids is 1. The Morgan fingerprint density at radius 2 is 1.38 bits per heavy atom. The number of rotatable bonds is 6. The molecular weight excluding hydrogens is 602 g/mol. The van der Waals surface area contributed by atoms with Gasteiger partial charge in [-0.3, -0.25) is 9.59 Å². The molecule has 228 valence electrons. The van der Waals surface area contributed by atoms with Crippen molar-refractivity contribution < 1.29 is 58.2 Å². The van der Waals surface area contributed by atoms with Crippen LogP contribution >= 0.6 is 0 Å². The molecule has 0 spiro atoms. The number of benzene rings is 2. The quantitative estimate of drug-likeness (QED) is 0.344. The lowest BCUT2D eigenvalue weighted by atomic mass is 9.90. The summed E-state index contributed by atoms with van der Waals surface area (Å²) in [5.74, 6) is -3.65. The lowest BCUT2D eigenvalue weighted by molar-refractivity contribution is -0.348. The van der Waals surface area contributed by atoms with E-state index in [1.54, 1.807) is 0 Å². The number of hydrogen-bond acceptors (Lipinski definition) is 4. The lowest BCUT2D eigenvalue weighted by Crippen LogP contribution is -2.50. The largest absolute Gasteiger partial charge is 0.481 e. The third-order valence-corrected chi connectivity index (χ3v) is 11.3. The van der Waals surface area contributed by atoms with Crippen LogP contribution in [0.4, 0.5) is 35.1 Å². The zero-order valence-corrected chi connectivity index (χ0v) is 22.2. The highest BCUT2D eigenvalue weighted by Gasteiger charge is 2.73. The molecule has 6 nitrogen and oxygen atoms in total. The summed E-state index contributed by atoms with van der Waals surface area (Å²) in [6, 6.07) is 5.38. The number of likely N-dealkylation sites (tertiary alicyclic amines) is 1. The van der Waals surface area contributed by atoms with Crippen molar-refractivity contribution in [1.29, 1.82) is 0 Å². The minimum atomic E-state index is -6.37. The monoisotopic (exact) mass is 625 g/mol. The second-order valence-electron chi connectivity index (χ2n) is 11.1. The van der Waals surface area contributed by atoms with E-state index < -0.39 is 79.1 Å². The van der Waals surface area contributed by atoms with Gasteiger partial charge in [0, 0.05) is 24.6 Å². The molecule has 0 aromatic heterocycles. The number of carboxylic acid groups (broad SMARTS) is 1. The predicted octanol–water partition coefficient (Wildman–Crippen LogP) is 5.37. The number of fused-ring (bicyclic) bond motifs is 1. The first-order valence-electron chi connectivity index (χ1n) is 12.8. The first-order chi connectivity index (χ1) is 19.3. The molecular formula is C27H23F8NO5S. The standard InChI is InChI=1S/C27H23F8NO5S/c28-17-5-7-18(8-6-17)42(40,41)24(15-1-3-16(4-2-15)25(29,26(30,31)32)27(33,34)35)9-10-36(13-24)22(37)14-11-19-20(12-14)21(19)23(38)39/h1-8,14,19-21H,9-13H2,(H,38,39)/t14-,19-,20?,21+,24-/m0/s1. The van der Waals surface area contributed by atoms with Crippen molar-refractivity contribution in [3.63, 3.8) is 0 Å². The zero-order valence-electron chi connectivity index (χ0n) is 21.4. The van der Waals surface area contributed by atoms with Crippen molar-refractivity contribution in [2.75, 3.05) is 13.1 Å². The van der Waals surface area contributed by atoms with Crippen LogP contribution in [0.2, 0.25) is 0 Å². The Morgan fingerprint density at radius 1 is 0.857 bits per heavy atom. The molecule has 2 aliphatic carbocycles. The van der Waals surface area contributed by atoms with Crippen molar-refractivity contribution in [3.8, 4) is 0 Å². The number of carbonyl (C=O) groups excluding carboxylic acids is 1. The van der Waals surface area contributed by atoms with E-state index in [2.05, 4.69) is 0 Å². The van der Waals surface area contributed by atoms with E-state index in [9.17, 15) is 58.2 Å². The Kier molecular flexibility index (Phi) is 6.94. The summed E-state index contributed by atoms with van der Waals surface area (Å²) in [5.41, 5.74) is -7.81. The van der Waals surface area contributed by atoms with Crippen molar-refractivity contribution in [3.05, 3.63) is 65.5 Å². The molecule has 1 heterocycles. The van der Waals surface area contributed by atoms with E-state index in [4.69, 9.17) is 0 Å². The number of carbonyl (C=O) groups is 2. The second-order valence-corrected chi connectivity index (χ2v) is 13.3. The lowest BCUT2D eigenvalue weighted by Gasteiger charge is -2.33. The van der Waals surface area contributed by atoms with Gasteiger partial charge in [-0.25, -0.2) is 17.2 Å². The molecule has 0 bridgehead atoms. The van der Waals surface area contributed by atoms with Crippen LogP contribution in [0, 0.1) is 29.5 Å². The molecule has 1 aliphatic heterocycles. The SMILES string of the molecule is O=C(O)[C@H]1C2C[C@@H](C(=O)N3CC[C@](c4ccc(C(F)(C(F)(F)F)C(F)(F)F)cc4)(S(=O)(=O)c4ccc(F)cc4)C3)C[C@@H]21. The fourth-order valence-corrected chi connectivity index (χ4v) is 8.66. The molecule has 3 aliphatic rings. The van der Waals surface area contributed by atoms with Gasteiger partial charge in [0.1, 0.15) is 10.6 Å². The zero-order chi connectivity index (χ0) is 31.0. The number of alkyl halides is 7. The van der Waals surface area contributed by atoms with Gasteiger partial charge in [-0.1, -0.05) is 24.3 Å². The van der Waals surface area contributed by atoms with Crippen LogP contribution in [0.5, 0.6) is 0 Å². The van der Waals surface area contributed by atoms with E-state index in [1.807, 2.05) is 0 Å². The van der Waals surface area contributed by atoms with Crippen LogP contribution in [0.25, 0.3) is 0 Å². The highest BCUT2D eigenvalue weighted by molar-refractivity contribution is 7.92. The van der Waals surface area contributed by atoms with Crippen molar-refractivity contribution in [2.45, 2.75) is 46.9 Å².